The van der Waals surface area contributed by atoms with Crippen LogP contribution in [0.3, 0.4) is 0 Å². The van der Waals surface area contributed by atoms with Gasteiger partial charge in [0.2, 0.25) is 0 Å². The van der Waals surface area contributed by atoms with Crippen LogP contribution >= 0.6 is 0 Å². The molecule has 162 valence electrons. The molecule has 0 saturated heterocycles. The predicted molar refractivity (Wildman–Crippen MR) is 113 cm³/mol. The van der Waals surface area contributed by atoms with Gasteiger partial charge < -0.3 is 5.73 Å². The Morgan fingerprint density at radius 1 is 1.16 bits per heavy atom. The van der Waals surface area contributed by atoms with Gasteiger partial charge in [0.15, 0.2) is 5.78 Å². The molecule has 32 heavy (non-hydrogen) atoms. The quantitative estimate of drug-likeness (QED) is 0.529. The zero-order valence-corrected chi connectivity index (χ0v) is 16.6. The molecule has 2 aliphatic carbocycles. The van der Waals surface area contributed by atoms with Crippen LogP contribution in [0.5, 0.6) is 0 Å². The molecule has 4 rings (SSSR count). The summed E-state index contributed by atoms with van der Waals surface area (Å²) in [5.41, 5.74) is 6.72. The van der Waals surface area contributed by atoms with Crippen molar-refractivity contribution in [2.24, 2.45) is 5.18 Å². The molecule has 0 bridgehead atoms. The SMILES string of the molecule is Nc1cccc(CC2C(C(=O)N=O)=C(C3=CC=CCC3=O)c3cc(C(F)(F)F)ccc32)c1. The van der Waals surface area contributed by atoms with Crippen molar-refractivity contribution in [3.05, 3.63) is 99.0 Å². The van der Waals surface area contributed by atoms with Crippen LogP contribution < -0.4 is 5.73 Å². The number of benzene rings is 2. The van der Waals surface area contributed by atoms with Gasteiger partial charge in [-0.3, -0.25) is 9.59 Å². The number of hydrogen-bond donors (Lipinski definition) is 1. The van der Waals surface area contributed by atoms with Crippen molar-refractivity contribution in [2.45, 2.75) is 24.9 Å². The first-order valence-corrected chi connectivity index (χ1v) is 9.79. The number of nitrogens with two attached hydrogens (primary N) is 1. The highest BCUT2D eigenvalue weighted by Gasteiger charge is 2.40. The molecule has 0 spiro atoms. The highest BCUT2D eigenvalue weighted by molar-refractivity contribution is 6.19. The van der Waals surface area contributed by atoms with Crippen molar-refractivity contribution < 1.29 is 22.8 Å². The van der Waals surface area contributed by atoms with Crippen molar-refractivity contribution in [3.8, 4) is 0 Å². The third-order valence-corrected chi connectivity index (χ3v) is 5.62. The van der Waals surface area contributed by atoms with Gasteiger partial charge in [0.25, 0.3) is 0 Å². The number of fused-ring (bicyclic) bond motifs is 1. The molecule has 1 atom stereocenters. The summed E-state index contributed by atoms with van der Waals surface area (Å²) in [5.74, 6) is -2.22. The van der Waals surface area contributed by atoms with Gasteiger partial charge in [-0.15, -0.1) is 4.91 Å². The molecule has 2 N–H and O–H groups in total. The smallest absolute Gasteiger partial charge is 0.399 e. The fourth-order valence-corrected chi connectivity index (χ4v) is 4.26. The molecular formula is C24H17F3N2O3. The van der Waals surface area contributed by atoms with E-state index in [-0.39, 0.29) is 40.9 Å². The lowest BCUT2D eigenvalue weighted by molar-refractivity contribution is -0.137. The Labute approximate surface area is 181 Å². The molecule has 0 saturated carbocycles. The molecule has 1 amide bonds. The summed E-state index contributed by atoms with van der Waals surface area (Å²) in [4.78, 5) is 36.6. The third-order valence-electron chi connectivity index (χ3n) is 5.62. The number of amides is 1. The minimum Gasteiger partial charge on any atom is -0.399 e. The average molecular weight is 438 g/mol. The molecule has 0 heterocycles. The lowest BCUT2D eigenvalue weighted by atomic mass is 9.87. The van der Waals surface area contributed by atoms with Gasteiger partial charge >= 0.3 is 12.1 Å². The standard InChI is InChI=1S/C24H17F3N2O3/c25-24(26,27)14-8-9-16-18(11-13-4-3-5-15(28)10-13)22(23(31)29-32)21(19(16)12-14)17-6-1-2-7-20(17)30/h1-6,8-10,12,18H,7,11,28H2. The van der Waals surface area contributed by atoms with Crippen LogP contribution in [0.15, 0.2) is 77.0 Å². The summed E-state index contributed by atoms with van der Waals surface area (Å²) < 4.78 is 40.4. The molecule has 0 aliphatic heterocycles. The van der Waals surface area contributed by atoms with Crippen LogP contribution in [0.2, 0.25) is 0 Å². The zero-order chi connectivity index (χ0) is 23.0. The largest absolute Gasteiger partial charge is 0.416 e. The highest BCUT2D eigenvalue weighted by Crippen LogP contribution is 2.49. The number of nitrogen functional groups attached to an aromatic ring is 1. The van der Waals surface area contributed by atoms with Gasteiger partial charge in [0.1, 0.15) is 0 Å². The Hall–Kier alpha value is -3.81. The fourth-order valence-electron chi connectivity index (χ4n) is 4.26. The van der Waals surface area contributed by atoms with E-state index in [2.05, 4.69) is 5.18 Å². The molecule has 8 heteroatoms. The Bertz CT molecular complexity index is 1240. The van der Waals surface area contributed by atoms with E-state index in [9.17, 15) is 27.7 Å². The highest BCUT2D eigenvalue weighted by atomic mass is 19.4. The normalized spacial score (nSPS) is 17.9. The Kier molecular flexibility index (Phi) is 5.38. The minimum absolute atomic E-state index is 0.0407. The molecule has 2 aliphatic rings. The maximum Gasteiger partial charge on any atom is 0.416 e. The van der Waals surface area contributed by atoms with Crippen LogP contribution in [-0.4, -0.2) is 11.7 Å². The lowest BCUT2D eigenvalue weighted by Crippen LogP contribution is -2.12. The van der Waals surface area contributed by atoms with E-state index < -0.39 is 23.6 Å². The summed E-state index contributed by atoms with van der Waals surface area (Å²) >= 11 is 0. The molecule has 2 aromatic rings. The molecular weight excluding hydrogens is 421 g/mol. The Balaban J connectivity index is 1.98. The predicted octanol–water partition coefficient (Wildman–Crippen LogP) is 5.13. The van der Waals surface area contributed by atoms with Crippen molar-refractivity contribution in [1.29, 1.82) is 0 Å². The Morgan fingerprint density at radius 2 is 1.94 bits per heavy atom. The van der Waals surface area contributed by atoms with Crippen molar-refractivity contribution in [3.63, 3.8) is 0 Å². The number of rotatable bonds is 4. The monoisotopic (exact) mass is 438 g/mol. The maximum absolute atomic E-state index is 13.5. The van der Waals surface area contributed by atoms with E-state index in [1.807, 2.05) is 0 Å². The molecule has 0 radical (unpaired) electrons. The van der Waals surface area contributed by atoms with E-state index in [4.69, 9.17) is 5.73 Å². The number of alkyl halides is 3. The van der Waals surface area contributed by atoms with Crippen molar-refractivity contribution >= 4 is 23.0 Å². The number of Topliss-reactive ketones (excluding diaryl/α,β-unsaturated/α-hetero) is 1. The minimum atomic E-state index is -4.62. The number of nitroso groups, excluding NO2 is 1. The summed E-state index contributed by atoms with van der Waals surface area (Å²) in [5, 5.41) is 2.55. The summed E-state index contributed by atoms with van der Waals surface area (Å²) in [7, 11) is 0. The van der Waals surface area contributed by atoms with E-state index >= 15 is 0 Å². The average Bonchev–Trinajstić information content (AvgIpc) is 3.06. The first-order chi connectivity index (χ1) is 15.2. The van der Waals surface area contributed by atoms with Gasteiger partial charge in [-0.1, -0.05) is 36.4 Å². The van der Waals surface area contributed by atoms with Crippen molar-refractivity contribution in [1.82, 2.24) is 0 Å². The van der Waals surface area contributed by atoms with E-state index in [0.29, 0.717) is 11.3 Å². The number of anilines is 1. The summed E-state index contributed by atoms with van der Waals surface area (Å²) in [6, 6.07) is 10.0. The van der Waals surface area contributed by atoms with E-state index in [1.54, 1.807) is 36.4 Å². The first-order valence-electron chi connectivity index (χ1n) is 9.79. The number of nitrogens with zero attached hydrogens (tertiary/aromatic N) is 1. The molecule has 0 fully saturated rings. The first kappa shape index (κ1) is 21.4. The second-order valence-corrected chi connectivity index (χ2v) is 7.62. The summed E-state index contributed by atoms with van der Waals surface area (Å²) in [6.45, 7) is 0. The molecule has 5 nitrogen and oxygen atoms in total. The number of halogens is 3. The zero-order valence-electron chi connectivity index (χ0n) is 16.6. The fraction of sp³-hybridized carbons (Fsp3) is 0.167. The number of carbonyl (C=O) groups is 2. The van der Waals surface area contributed by atoms with Gasteiger partial charge in [-0.05, 0) is 47.4 Å². The van der Waals surface area contributed by atoms with Crippen molar-refractivity contribution in [2.75, 3.05) is 5.73 Å². The maximum atomic E-state index is 13.5. The number of allylic oxidation sites excluding steroid dienone is 5. The van der Waals surface area contributed by atoms with Crippen LogP contribution in [0.4, 0.5) is 18.9 Å². The second kappa shape index (κ2) is 8.03. The third kappa shape index (κ3) is 3.79. The number of ketones is 1. The topological polar surface area (TPSA) is 89.6 Å². The van der Waals surface area contributed by atoms with Crippen LogP contribution in [0, 0.1) is 4.91 Å². The lowest BCUT2D eigenvalue weighted by Gasteiger charge is -2.16. The van der Waals surface area contributed by atoms with Crippen LogP contribution in [-0.2, 0) is 22.2 Å². The molecule has 1 unspecified atom stereocenters. The van der Waals surface area contributed by atoms with E-state index in [1.165, 1.54) is 12.1 Å². The van der Waals surface area contributed by atoms with Gasteiger partial charge in [0.05, 0.1) is 5.56 Å². The number of hydrogen-bond acceptors (Lipinski definition) is 4. The molecule has 2 aromatic carbocycles. The van der Waals surface area contributed by atoms with E-state index in [0.717, 1.165) is 17.7 Å². The Morgan fingerprint density at radius 3 is 2.59 bits per heavy atom. The summed E-state index contributed by atoms with van der Waals surface area (Å²) in [6.07, 6.45) is 0.271. The van der Waals surface area contributed by atoms with Crippen LogP contribution in [0.25, 0.3) is 5.57 Å². The van der Waals surface area contributed by atoms with Gasteiger partial charge in [-0.2, -0.15) is 13.2 Å². The second-order valence-electron chi connectivity index (χ2n) is 7.62. The van der Waals surface area contributed by atoms with Gasteiger partial charge in [0, 0.05) is 39.9 Å². The van der Waals surface area contributed by atoms with Crippen LogP contribution in [0.1, 0.15) is 34.6 Å². The number of carbonyl (C=O) groups excluding carboxylic acids is 2. The van der Waals surface area contributed by atoms with Gasteiger partial charge in [-0.25, -0.2) is 0 Å². The molecule has 0 aromatic heterocycles.